The fourth-order valence-corrected chi connectivity index (χ4v) is 3.84. The zero-order valence-electron chi connectivity index (χ0n) is 17.0. The van der Waals surface area contributed by atoms with Crippen LogP contribution in [0.1, 0.15) is 11.3 Å². The molecule has 29 heavy (non-hydrogen) atoms. The number of aromatic nitrogens is 6. The van der Waals surface area contributed by atoms with Gasteiger partial charge in [0.25, 0.3) is 0 Å². The van der Waals surface area contributed by atoms with Crippen molar-refractivity contribution < 1.29 is 0 Å². The summed E-state index contributed by atoms with van der Waals surface area (Å²) in [6.45, 7) is 2.90. The largest absolute Gasteiger partial charge is 0.351 e. The second-order valence-corrected chi connectivity index (χ2v) is 7.70. The smallest absolute Gasteiger partial charge is 0.180 e. The highest BCUT2D eigenvalue weighted by Crippen LogP contribution is 2.30. The van der Waals surface area contributed by atoms with Crippen LogP contribution in [0.5, 0.6) is 0 Å². The number of aryl methyl sites for hydroxylation is 2. The Morgan fingerprint density at radius 3 is 2.83 bits per heavy atom. The van der Waals surface area contributed by atoms with Gasteiger partial charge in [0.05, 0.1) is 11.4 Å². The van der Waals surface area contributed by atoms with Crippen molar-refractivity contribution in [3.63, 3.8) is 0 Å². The topological polar surface area (TPSA) is 67.6 Å². The van der Waals surface area contributed by atoms with Gasteiger partial charge in [-0.2, -0.15) is 5.10 Å². The Hall–Kier alpha value is -3.45. The SMILES string of the molecule is Cc1nn(-c2ccnc3nc(-c4cccc5c4ccn5C)[nH]c23)cc1CN(C)C. The van der Waals surface area contributed by atoms with Crippen molar-refractivity contribution in [3.8, 4) is 17.1 Å². The van der Waals surface area contributed by atoms with Crippen LogP contribution in [0.15, 0.2) is 48.9 Å². The minimum atomic E-state index is 0.688. The van der Waals surface area contributed by atoms with Crippen LogP contribution in [0.4, 0.5) is 0 Å². The molecule has 146 valence electrons. The molecule has 0 spiro atoms. The number of imidazole rings is 1. The van der Waals surface area contributed by atoms with E-state index >= 15 is 0 Å². The predicted molar refractivity (Wildman–Crippen MR) is 115 cm³/mol. The van der Waals surface area contributed by atoms with Crippen LogP contribution in [0.2, 0.25) is 0 Å². The molecule has 1 N–H and O–H groups in total. The summed E-state index contributed by atoms with van der Waals surface area (Å²) in [4.78, 5) is 14.9. The molecule has 0 aliphatic rings. The number of benzene rings is 1. The van der Waals surface area contributed by atoms with Crippen LogP contribution in [0, 0.1) is 6.92 Å². The first-order valence-corrected chi connectivity index (χ1v) is 9.60. The van der Waals surface area contributed by atoms with Gasteiger partial charge >= 0.3 is 0 Å². The summed E-state index contributed by atoms with van der Waals surface area (Å²) in [5.74, 6) is 0.814. The molecule has 0 atom stereocenters. The van der Waals surface area contributed by atoms with Crippen LogP contribution < -0.4 is 0 Å². The van der Waals surface area contributed by atoms with Crippen molar-refractivity contribution in [1.82, 2.24) is 34.2 Å². The molecule has 0 radical (unpaired) electrons. The summed E-state index contributed by atoms with van der Waals surface area (Å²) < 4.78 is 4.03. The molecule has 0 saturated carbocycles. The van der Waals surface area contributed by atoms with Crippen molar-refractivity contribution in [1.29, 1.82) is 0 Å². The number of nitrogens with zero attached hydrogens (tertiary/aromatic N) is 6. The van der Waals surface area contributed by atoms with E-state index in [1.54, 1.807) is 6.20 Å². The summed E-state index contributed by atoms with van der Waals surface area (Å²) in [7, 11) is 6.18. The molecule has 0 aliphatic carbocycles. The van der Waals surface area contributed by atoms with Crippen LogP contribution in [-0.4, -0.2) is 48.3 Å². The Labute approximate surface area is 168 Å². The van der Waals surface area contributed by atoms with E-state index < -0.39 is 0 Å². The van der Waals surface area contributed by atoms with E-state index in [1.165, 1.54) is 16.5 Å². The predicted octanol–water partition coefficient (Wildman–Crippen LogP) is 3.67. The molecule has 5 aromatic rings. The monoisotopic (exact) mass is 385 g/mol. The third-order valence-electron chi connectivity index (χ3n) is 5.29. The average molecular weight is 385 g/mol. The number of fused-ring (bicyclic) bond motifs is 2. The molecule has 4 heterocycles. The lowest BCUT2D eigenvalue weighted by molar-refractivity contribution is 0.401. The molecular formula is C22H23N7. The summed E-state index contributed by atoms with van der Waals surface area (Å²) in [6.07, 6.45) is 5.94. The van der Waals surface area contributed by atoms with Crippen molar-refractivity contribution >= 4 is 22.1 Å². The lowest BCUT2D eigenvalue weighted by Gasteiger charge is -2.07. The number of H-pyrrole nitrogens is 1. The van der Waals surface area contributed by atoms with Gasteiger partial charge in [-0.3, -0.25) is 0 Å². The van der Waals surface area contributed by atoms with Crippen LogP contribution in [0.25, 0.3) is 39.1 Å². The van der Waals surface area contributed by atoms with E-state index in [0.717, 1.165) is 34.8 Å². The van der Waals surface area contributed by atoms with Gasteiger partial charge in [0.2, 0.25) is 0 Å². The Morgan fingerprint density at radius 1 is 1.14 bits per heavy atom. The zero-order chi connectivity index (χ0) is 20.1. The first-order chi connectivity index (χ1) is 14.0. The molecule has 4 aromatic heterocycles. The maximum atomic E-state index is 4.78. The molecule has 7 heteroatoms. The minimum absolute atomic E-state index is 0.688. The second-order valence-electron chi connectivity index (χ2n) is 7.70. The number of pyridine rings is 1. The highest BCUT2D eigenvalue weighted by atomic mass is 15.3. The van der Waals surface area contributed by atoms with Gasteiger partial charge in [0.15, 0.2) is 5.65 Å². The van der Waals surface area contributed by atoms with E-state index in [4.69, 9.17) is 10.1 Å². The van der Waals surface area contributed by atoms with Crippen LogP contribution >= 0.6 is 0 Å². The summed E-state index contributed by atoms with van der Waals surface area (Å²) >= 11 is 0. The maximum Gasteiger partial charge on any atom is 0.180 e. The highest BCUT2D eigenvalue weighted by molar-refractivity contribution is 5.95. The first-order valence-electron chi connectivity index (χ1n) is 9.60. The maximum absolute atomic E-state index is 4.78. The Morgan fingerprint density at radius 2 is 2.00 bits per heavy atom. The molecule has 0 fully saturated rings. The number of rotatable bonds is 4. The molecule has 0 saturated heterocycles. The molecular weight excluding hydrogens is 362 g/mol. The third kappa shape index (κ3) is 2.91. The average Bonchev–Trinajstić information content (AvgIpc) is 3.39. The summed E-state index contributed by atoms with van der Waals surface area (Å²) in [5, 5.41) is 5.90. The quantitative estimate of drug-likeness (QED) is 0.513. The fourth-order valence-electron chi connectivity index (χ4n) is 3.84. The molecule has 0 bridgehead atoms. The third-order valence-corrected chi connectivity index (χ3v) is 5.29. The number of hydrogen-bond acceptors (Lipinski definition) is 4. The van der Waals surface area contributed by atoms with Crippen LogP contribution in [0.3, 0.4) is 0 Å². The van der Waals surface area contributed by atoms with Crippen LogP contribution in [-0.2, 0) is 13.6 Å². The van der Waals surface area contributed by atoms with E-state index in [2.05, 4.69) is 77.2 Å². The van der Waals surface area contributed by atoms with Gasteiger partial charge in [-0.15, -0.1) is 0 Å². The first kappa shape index (κ1) is 17.6. The van der Waals surface area contributed by atoms with E-state index in [9.17, 15) is 0 Å². The highest BCUT2D eigenvalue weighted by Gasteiger charge is 2.15. The van der Waals surface area contributed by atoms with Gasteiger partial charge in [-0.25, -0.2) is 14.6 Å². The molecule has 0 aliphatic heterocycles. The summed E-state index contributed by atoms with van der Waals surface area (Å²) in [5.41, 5.74) is 6.99. The lowest BCUT2D eigenvalue weighted by atomic mass is 10.1. The fraction of sp³-hybridized carbons (Fsp3) is 0.227. The Bertz CT molecular complexity index is 1340. The zero-order valence-corrected chi connectivity index (χ0v) is 17.0. The lowest BCUT2D eigenvalue weighted by Crippen LogP contribution is -2.10. The summed E-state index contributed by atoms with van der Waals surface area (Å²) in [6, 6.07) is 10.4. The van der Waals surface area contributed by atoms with Crippen molar-refractivity contribution in [2.24, 2.45) is 7.05 Å². The molecule has 7 nitrogen and oxygen atoms in total. The normalized spacial score (nSPS) is 11.9. The van der Waals surface area contributed by atoms with Gasteiger partial charge < -0.3 is 14.5 Å². The molecule has 5 rings (SSSR count). The minimum Gasteiger partial charge on any atom is -0.351 e. The van der Waals surface area contributed by atoms with E-state index in [0.29, 0.717) is 5.65 Å². The number of hydrogen-bond donors (Lipinski definition) is 1. The standard InChI is InChI=1S/C22H23N7/c1-14-15(12-27(2)3)13-29(26-14)19-8-10-23-22-20(19)24-21(25-22)17-6-5-7-18-16(17)9-11-28(18)4/h5-11,13H,12H2,1-4H3,(H,23,24,25). The Kier molecular flexibility index (Phi) is 3.99. The second kappa shape index (κ2) is 6.56. The number of aromatic amines is 1. The molecule has 0 unspecified atom stereocenters. The van der Waals surface area contributed by atoms with Gasteiger partial charge in [0.1, 0.15) is 11.3 Å². The van der Waals surface area contributed by atoms with Gasteiger partial charge in [-0.05, 0) is 39.2 Å². The van der Waals surface area contributed by atoms with Gasteiger partial charge in [-0.1, -0.05) is 12.1 Å². The van der Waals surface area contributed by atoms with Crippen molar-refractivity contribution in [2.45, 2.75) is 13.5 Å². The molecule has 0 amide bonds. The van der Waals surface area contributed by atoms with E-state index in [1.807, 2.05) is 17.7 Å². The Balaban J connectivity index is 1.66. The van der Waals surface area contributed by atoms with Crippen molar-refractivity contribution in [3.05, 3.63) is 60.2 Å². The van der Waals surface area contributed by atoms with Gasteiger partial charge in [0, 0.05) is 54.2 Å². The van der Waals surface area contributed by atoms with E-state index in [-0.39, 0.29) is 0 Å². The molecule has 1 aromatic carbocycles. The number of nitrogens with one attached hydrogen (secondary N) is 1. The van der Waals surface area contributed by atoms with Crippen molar-refractivity contribution in [2.75, 3.05) is 14.1 Å².